The molecule has 0 saturated heterocycles. The van der Waals surface area contributed by atoms with Crippen LogP contribution in [0.15, 0.2) is 18.2 Å². The van der Waals surface area contributed by atoms with Crippen molar-refractivity contribution in [1.82, 2.24) is 0 Å². The largest absolute Gasteiger partial charge is 0.433 e. The summed E-state index contributed by atoms with van der Waals surface area (Å²) in [6.07, 6.45) is 0. The molecule has 17 heavy (non-hydrogen) atoms. The van der Waals surface area contributed by atoms with E-state index in [2.05, 4.69) is 18.6 Å². The number of nitriles is 1. The molecular formula is C13H15F2NO. The number of alkyl halides is 2. The average Bonchev–Trinajstić information content (AvgIpc) is 2.27. The number of hydrogen-bond acceptors (Lipinski definition) is 2. The summed E-state index contributed by atoms with van der Waals surface area (Å²) >= 11 is 0. The van der Waals surface area contributed by atoms with Crippen LogP contribution >= 0.6 is 0 Å². The van der Waals surface area contributed by atoms with Gasteiger partial charge < -0.3 is 4.74 Å². The molecule has 1 aromatic carbocycles. The van der Waals surface area contributed by atoms with Gasteiger partial charge >= 0.3 is 6.61 Å². The van der Waals surface area contributed by atoms with Gasteiger partial charge in [-0.15, -0.1) is 0 Å². The Hall–Kier alpha value is -1.63. The van der Waals surface area contributed by atoms with Gasteiger partial charge in [0.1, 0.15) is 11.8 Å². The summed E-state index contributed by atoms with van der Waals surface area (Å²) in [5.41, 5.74) is 1.11. The monoisotopic (exact) mass is 239 g/mol. The van der Waals surface area contributed by atoms with Gasteiger partial charge in [-0.1, -0.05) is 26.8 Å². The molecule has 0 bridgehead atoms. The van der Waals surface area contributed by atoms with Gasteiger partial charge in [0.25, 0.3) is 0 Å². The van der Waals surface area contributed by atoms with Crippen LogP contribution in [0, 0.1) is 17.2 Å². The number of rotatable bonds is 4. The van der Waals surface area contributed by atoms with Crippen LogP contribution in [-0.4, -0.2) is 6.61 Å². The van der Waals surface area contributed by atoms with Gasteiger partial charge in [0.15, 0.2) is 0 Å². The van der Waals surface area contributed by atoms with E-state index in [4.69, 9.17) is 5.26 Å². The molecule has 0 N–H and O–H groups in total. The smallest absolute Gasteiger partial charge is 0.387 e. The number of nitrogens with zero attached hydrogens (tertiary/aromatic N) is 1. The van der Waals surface area contributed by atoms with Crippen LogP contribution in [0.25, 0.3) is 0 Å². The second-order valence-corrected chi connectivity index (χ2v) is 4.28. The number of hydrogen-bond donors (Lipinski definition) is 0. The second-order valence-electron chi connectivity index (χ2n) is 4.28. The molecule has 1 rings (SSSR count). The molecule has 0 radical (unpaired) electrons. The second kappa shape index (κ2) is 5.62. The summed E-state index contributed by atoms with van der Waals surface area (Å²) in [6.45, 7) is 3.27. The minimum Gasteiger partial charge on any atom is -0.433 e. The highest BCUT2D eigenvalue weighted by Crippen LogP contribution is 2.28. The number of benzene rings is 1. The fourth-order valence-corrected chi connectivity index (χ4v) is 1.50. The Balaban J connectivity index is 3.05. The molecule has 0 heterocycles. The van der Waals surface area contributed by atoms with Crippen LogP contribution in [-0.2, 0) is 0 Å². The minimum atomic E-state index is -2.91. The molecule has 0 aliphatic heterocycles. The Kier molecular flexibility index (Phi) is 4.45. The summed E-state index contributed by atoms with van der Waals surface area (Å²) in [4.78, 5) is 0. The Labute approximate surface area is 99.8 Å². The van der Waals surface area contributed by atoms with Gasteiger partial charge in [-0.3, -0.25) is 0 Å². The van der Waals surface area contributed by atoms with E-state index in [0.717, 1.165) is 5.56 Å². The van der Waals surface area contributed by atoms with E-state index >= 15 is 0 Å². The SMILES string of the molecule is CC(C)C(C)c1ccc(OC(F)F)c(C#N)c1. The van der Waals surface area contributed by atoms with E-state index in [0.29, 0.717) is 5.92 Å². The lowest BCUT2D eigenvalue weighted by Crippen LogP contribution is -2.06. The zero-order valence-corrected chi connectivity index (χ0v) is 10.1. The van der Waals surface area contributed by atoms with E-state index in [1.165, 1.54) is 6.07 Å². The third-order valence-corrected chi connectivity index (χ3v) is 2.87. The minimum absolute atomic E-state index is 0.0674. The quantitative estimate of drug-likeness (QED) is 0.797. The third kappa shape index (κ3) is 3.42. The summed E-state index contributed by atoms with van der Waals surface area (Å²) in [5, 5.41) is 8.90. The first-order chi connectivity index (χ1) is 7.95. The van der Waals surface area contributed by atoms with Crippen LogP contribution in [0.3, 0.4) is 0 Å². The van der Waals surface area contributed by atoms with Gasteiger partial charge in [0.05, 0.1) is 5.56 Å². The van der Waals surface area contributed by atoms with Gasteiger partial charge in [0.2, 0.25) is 0 Å². The molecule has 0 saturated carbocycles. The lowest BCUT2D eigenvalue weighted by molar-refractivity contribution is -0.0500. The Morgan fingerprint density at radius 1 is 1.24 bits per heavy atom. The van der Waals surface area contributed by atoms with E-state index in [1.54, 1.807) is 12.1 Å². The molecule has 0 aromatic heterocycles. The highest BCUT2D eigenvalue weighted by molar-refractivity contribution is 5.46. The third-order valence-electron chi connectivity index (χ3n) is 2.87. The Bertz CT molecular complexity index is 424. The Morgan fingerprint density at radius 2 is 1.88 bits per heavy atom. The maximum Gasteiger partial charge on any atom is 0.387 e. The molecule has 1 atom stereocenters. The maximum atomic E-state index is 12.1. The number of ether oxygens (including phenoxy) is 1. The van der Waals surface area contributed by atoms with Crippen molar-refractivity contribution in [3.05, 3.63) is 29.3 Å². The van der Waals surface area contributed by atoms with Gasteiger partial charge in [-0.05, 0) is 29.5 Å². The maximum absolute atomic E-state index is 12.1. The zero-order valence-electron chi connectivity index (χ0n) is 10.1. The standard InChI is InChI=1S/C13H15F2NO/c1-8(2)9(3)10-4-5-12(17-13(14)15)11(6-10)7-16/h4-6,8-9,13H,1-3H3. The van der Waals surface area contributed by atoms with Crippen LogP contribution < -0.4 is 4.74 Å². The lowest BCUT2D eigenvalue weighted by Gasteiger charge is -2.17. The molecule has 0 aliphatic rings. The van der Waals surface area contributed by atoms with Crippen molar-refractivity contribution in [2.75, 3.05) is 0 Å². The summed E-state index contributed by atoms with van der Waals surface area (Å²) in [7, 11) is 0. The normalized spacial score (nSPS) is 12.6. The predicted molar refractivity (Wildman–Crippen MR) is 61.0 cm³/mol. The number of halogens is 2. The molecule has 0 aliphatic carbocycles. The fraction of sp³-hybridized carbons (Fsp3) is 0.462. The van der Waals surface area contributed by atoms with Crippen molar-refractivity contribution in [1.29, 1.82) is 5.26 Å². The van der Waals surface area contributed by atoms with Crippen molar-refractivity contribution in [2.24, 2.45) is 5.92 Å². The van der Waals surface area contributed by atoms with Crippen molar-refractivity contribution in [3.8, 4) is 11.8 Å². The van der Waals surface area contributed by atoms with Crippen LogP contribution in [0.4, 0.5) is 8.78 Å². The molecule has 0 fully saturated rings. The molecule has 92 valence electrons. The highest BCUT2D eigenvalue weighted by atomic mass is 19.3. The molecule has 0 amide bonds. The van der Waals surface area contributed by atoms with Crippen molar-refractivity contribution < 1.29 is 13.5 Å². The van der Waals surface area contributed by atoms with Crippen molar-refractivity contribution in [2.45, 2.75) is 33.3 Å². The van der Waals surface area contributed by atoms with E-state index in [1.807, 2.05) is 13.0 Å². The van der Waals surface area contributed by atoms with Crippen LogP contribution in [0.5, 0.6) is 5.75 Å². The lowest BCUT2D eigenvalue weighted by atomic mass is 9.89. The van der Waals surface area contributed by atoms with Gasteiger partial charge in [-0.2, -0.15) is 14.0 Å². The average molecular weight is 239 g/mol. The molecule has 0 spiro atoms. The topological polar surface area (TPSA) is 33.0 Å². The van der Waals surface area contributed by atoms with E-state index < -0.39 is 6.61 Å². The summed E-state index contributed by atoms with van der Waals surface area (Å²) < 4.78 is 28.5. The van der Waals surface area contributed by atoms with E-state index in [9.17, 15) is 8.78 Å². The summed E-state index contributed by atoms with van der Waals surface area (Å²) in [6, 6.07) is 6.65. The summed E-state index contributed by atoms with van der Waals surface area (Å²) in [5.74, 6) is 0.619. The van der Waals surface area contributed by atoms with Gasteiger partial charge in [0, 0.05) is 0 Å². The van der Waals surface area contributed by atoms with Gasteiger partial charge in [-0.25, -0.2) is 0 Å². The van der Waals surface area contributed by atoms with Crippen molar-refractivity contribution >= 4 is 0 Å². The first kappa shape index (κ1) is 13.4. The fourth-order valence-electron chi connectivity index (χ4n) is 1.50. The first-order valence-corrected chi connectivity index (χ1v) is 5.44. The predicted octanol–water partition coefficient (Wildman–Crippen LogP) is 3.92. The molecule has 2 nitrogen and oxygen atoms in total. The van der Waals surface area contributed by atoms with Crippen LogP contribution in [0.1, 0.15) is 37.8 Å². The van der Waals surface area contributed by atoms with Crippen molar-refractivity contribution in [3.63, 3.8) is 0 Å². The highest BCUT2D eigenvalue weighted by Gasteiger charge is 2.14. The zero-order chi connectivity index (χ0) is 13.0. The first-order valence-electron chi connectivity index (χ1n) is 5.44. The molecular weight excluding hydrogens is 224 g/mol. The van der Waals surface area contributed by atoms with E-state index in [-0.39, 0.29) is 17.2 Å². The molecule has 4 heteroatoms. The Morgan fingerprint density at radius 3 is 2.35 bits per heavy atom. The van der Waals surface area contributed by atoms with Crippen LogP contribution in [0.2, 0.25) is 0 Å². The molecule has 1 unspecified atom stereocenters. The molecule has 1 aromatic rings.